The molecule has 0 fully saturated rings. The average molecular weight is 418 g/mol. The summed E-state index contributed by atoms with van der Waals surface area (Å²) in [5, 5.41) is 4.86. The highest BCUT2D eigenvalue weighted by atomic mass is 16.5. The molecule has 0 amide bonds. The van der Waals surface area contributed by atoms with E-state index < -0.39 is 5.97 Å². The molecule has 5 rings (SSSR count). The molecule has 0 heterocycles. The fraction of sp³-hybridized carbons (Fsp3) is 0.0690. The van der Waals surface area contributed by atoms with Gasteiger partial charge in [0.2, 0.25) is 0 Å². The molecular formula is C29H22O3. The quantitative estimate of drug-likeness (QED) is 0.230. The lowest BCUT2D eigenvalue weighted by molar-refractivity contribution is 0.0598. The Morgan fingerprint density at radius 2 is 1.28 bits per heavy atom. The lowest BCUT2D eigenvalue weighted by atomic mass is 9.91. The van der Waals surface area contributed by atoms with Crippen LogP contribution in [-0.2, 0) is 4.74 Å². The first-order valence-corrected chi connectivity index (χ1v) is 10.5. The van der Waals surface area contributed by atoms with Crippen LogP contribution in [0, 0.1) is 0 Å². The lowest BCUT2D eigenvalue weighted by Gasteiger charge is -2.15. The maximum Gasteiger partial charge on any atom is 0.342 e. The fourth-order valence-corrected chi connectivity index (χ4v) is 4.40. The van der Waals surface area contributed by atoms with Crippen LogP contribution in [0.4, 0.5) is 0 Å². The summed E-state index contributed by atoms with van der Waals surface area (Å²) in [6, 6.07) is 33.0. The van der Waals surface area contributed by atoms with Crippen LogP contribution in [0.5, 0.6) is 5.75 Å². The van der Waals surface area contributed by atoms with Gasteiger partial charge in [-0.2, -0.15) is 0 Å². The Balaban J connectivity index is 1.75. The van der Waals surface area contributed by atoms with Crippen molar-refractivity contribution in [2.75, 3.05) is 14.2 Å². The number of benzene rings is 5. The minimum atomic E-state index is -0.418. The molecule has 0 aliphatic heterocycles. The van der Waals surface area contributed by atoms with E-state index in [1.165, 1.54) is 28.7 Å². The number of rotatable bonds is 4. The van der Waals surface area contributed by atoms with Crippen molar-refractivity contribution in [3.63, 3.8) is 0 Å². The van der Waals surface area contributed by atoms with Gasteiger partial charge in [-0.15, -0.1) is 0 Å². The van der Waals surface area contributed by atoms with Gasteiger partial charge in [-0.05, 0) is 62.0 Å². The largest absolute Gasteiger partial charge is 0.496 e. The highest BCUT2D eigenvalue weighted by Gasteiger charge is 2.19. The lowest BCUT2D eigenvalue weighted by Crippen LogP contribution is -2.06. The molecule has 0 spiro atoms. The van der Waals surface area contributed by atoms with Gasteiger partial charge in [-0.1, -0.05) is 78.9 Å². The molecule has 5 aromatic carbocycles. The molecule has 156 valence electrons. The number of hydrogen-bond acceptors (Lipinski definition) is 3. The Morgan fingerprint density at radius 1 is 0.625 bits per heavy atom. The molecule has 5 aromatic rings. The van der Waals surface area contributed by atoms with Crippen molar-refractivity contribution in [3.05, 3.63) is 103 Å². The smallest absolute Gasteiger partial charge is 0.342 e. The Kier molecular flexibility index (Phi) is 5.08. The molecule has 0 saturated carbocycles. The number of fused-ring (bicyclic) bond motifs is 3. The van der Waals surface area contributed by atoms with Crippen LogP contribution in [0.15, 0.2) is 97.1 Å². The third-order valence-corrected chi connectivity index (χ3v) is 5.89. The van der Waals surface area contributed by atoms with Crippen molar-refractivity contribution in [2.24, 2.45) is 0 Å². The summed E-state index contributed by atoms with van der Waals surface area (Å²) in [7, 11) is 2.94. The van der Waals surface area contributed by atoms with E-state index in [9.17, 15) is 4.79 Å². The second-order valence-electron chi connectivity index (χ2n) is 7.65. The Labute approximate surface area is 186 Å². The van der Waals surface area contributed by atoms with Gasteiger partial charge in [0, 0.05) is 0 Å². The first kappa shape index (κ1) is 19.8. The van der Waals surface area contributed by atoms with Crippen molar-refractivity contribution < 1.29 is 14.3 Å². The average Bonchev–Trinajstić information content (AvgIpc) is 2.87. The van der Waals surface area contributed by atoms with E-state index in [1.54, 1.807) is 13.2 Å². The first-order valence-electron chi connectivity index (χ1n) is 10.5. The van der Waals surface area contributed by atoms with Gasteiger partial charge in [-0.25, -0.2) is 4.79 Å². The standard InChI is InChI=1S/C29H22O3/c1-31-27-16-8-15-23(28(27)29(30)32-2)19-10-7-11-20(17-19)26-18-21-9-3-4-12-22(21)24-13-5-6-14-25(24)26/h3-18H,1-2H3. The zero-order valence-corrected chi connectivity index (χ0v) is 18.0. The topological polar surface area (TPSA) is 35.5 Å². The Morgan fingerprint density at radius 3 is 2.03 bits per heavy atom. The number of methoxy groups -OCH3 is 2. The molecule has 0 atom stereocenters. The minimum Gasteiger partial charge on any atom is -0.496 e. The van der Waals surface area contributed by atoms with E-state index in [-0.39, 0.29) is 0 Å². The van der Waals surface area contributed by atoms with Crippen LogP contribution in [-0.4, -0.2) is 20.2 Å². The molecule has 0 aliphatic carbocycles. The van der Waals surface area contributed by atoms with E-state index in [4.69, 9.17) is 9.47 Å². The van der Waals surface area contributed by atoms with Crippen LogP contribution in [0.25, 0.3) is 43.8 Å². The number of hydrogen-bond donors (Lipinski definition) is 0. The normalized spacial score (nSPS) is 10.9. The van der Waals surface area contributed by atoms with Gasteiger partial charge in [0.25, 0.3) is 0 Å². The van der Waals surface area contributed by atoms with E-state index in [2.05, 4.69) is 66.7 Å². The van der Waals surface area contributed by atoms with Crippen molar-refractivity contribution in [1.29, 1.82) is 0 Å². The van der Waals surface area contributed by atoms with Crippen LogP contribution >= 0.6 is 0 Å². The zero-order chi connectivity index (χ0) is 22.1. The molecule has 0 N–H and O–H groups in total. The van der Waals surface area contributed by atoms with Crippen molar-refractivity contribution in [1.82, 2.24) is 0 Å². The summed E-state index contributed by atoms with van der Waals surface area (Å²) >= 11 is 0. The van der Waals surface area contributed by atoms with Crippen molar-refractivity contribution in [3.8, 4) is 28.0 Å². The Hall–Kier alpha value is -4.11. The predicted molar refractivity (Wildman–Crippen MR) is 130 cm³/mol. The van der Waals surface area contributed by atoms with Crippen molar-refractivity contribution >= 4 is 27.5 Å². The van der Waals surface area contributed by atoms with Gasteiger partial charge in [0.05, 0.1) is 14.2 Å². The van der Waals surface area contributed by atoms with Crippen LogP contribution < -0.4 is 4.74 Å². The molecule has 0 aliphatic rings. The van der Waals surface area contributed by atoms with E-state index in [0.717, 1.165) is 22.3 Å². The van der Waals surface area contributed by atoms with Gasteiger partial charge >= 0.3 is 5.97 Å². The van der Waals surface area contributed by atoms with Gasteiger partial charge < -0.3 is 9.47 Å². The molecule has 0 aromatic heterocycles. The summed E-state index contributed by atoms with van der Waals surface area (Å²) < 4.78 is 10.5. The molecule has 0 unspecified atom stereocenters. The molecule has 0 radical (unpaired) electrons. The van der Waals surface area contributed by atoms with Gasteiger partial charge in [0.15, 0.2) is 0 Å². The van der Waals surface area contributed by atoms with Crippen LogP contribution in [0.3, 0.4) is 0 Å². The van der Waals surface area contributed by atoms with E-state index >= 15 is 0 Å². The van der Waals surface area contributed by atoms with E-state index in [0.29, 0.717) is 11.3 Å². The van der Waals surface area contributed by atoms with Crippen molar-refractivity contribution in [2.45, 2.75) is 0 Å². The summed E-state index contributed by atoms with van der Waals surface area (Å²) in [5.41, 5.74) is 4.38. The summed E-state index contributed by atoms with van der Waals surface area (Å²) in [5.74, 6) is 0.0786. The highest BCUT2D eigenvalue weighted by Crippen LogP contribution is 2.38. The van der Waals surface area contributed by atoms with Crippen LogP contribution in [0.1, 0.15) is 10.4 Å². The predicted octanol–water partition coefficient (Wildman–Crippen LogP) is 7.12. The number of esters is 1. The molecule has 3 heteroatoms. The summed E-state index contributed by atoms with van der Waals surface area (Å²) in [6.45, 7) is 0. The molecular weight excluding hydrogens is 396 g/mol. The number of carbonyl (C=O) groups excluding carboxylic acids is 1. The molecule has 3 nitrogen and oxygen atoms in total. The third-order valence-electron chi connectivity index (χ3n) is 5.89. The summed E-state index contributed by atoms with van der Waals surface area (Å²) in [6.07, 6.45) is 0. The molecule has 0 bridgehead atoms. The second kappa shape index (κ2) is 8.20. The minimum absolute atomic E-state index is 0.418. The number of carbonyl (C=O) groups is 1. The maximum atomic E-state index is 12.6. The monoisotopic (exact) mass is 418 g/mol. The second-order valence-corrected chi connectivity index (χ2v) is 7.65. The van der Waals surface area contributed by atoms with Gasteiger partial charge in [-0.3, -0.25) is 0 Å². The SMILES string of the molecule is COC(=O)c1c(OC)cccc1-c1cccc(-c2cc3ccccc3c3ccccc23)c1. The maximum absolute atomic E-state index is 12.6. The Bertz CT molecular complexity index is 1470. The van der Waals surface area contributed by atoms with Crippen LogP contribution in [0.2, 0.25) is 0 Å². The number of ether oxygens (including phenoxy) is 2. The van der Waals surface area contributed by atoms with E-state index in [1.807, 2.05) is 24.3 Å². The van der Waals surface area contributed by atoms with Gasteiger partial charge in [0.1, 0.15) is 11.3 Å². The first-order chi connectivity index (χ1) is 15.7. The summed E-state index contributed by atoms with van der Waals surface area (Å²) in [4.78, 5) is 12.6. The fourth-order valence-electron chi connectivity index (χ4n) is 4.40. The highest BCUT2D eigenvalue weighted by molar-refractivity contribution is 6.14. The molecule has 0 saturated heterocycles. The zero-order valence-electron chi connectivity index (χ0n) is 18.0. The molecule has 32 heavy (non-hydrogen) atoms. The third kappa shape index (κ3) is 3.28.